The summed E-state index contributed by atoms with van der Waals surface area (Å²) in [5.41, 5.74) is 2.56. The number of hydrogen-bond acceptors (Lipinski definition) is 0. The Hall–Kier alpha value is -0.780. The number of allylic oxidation sites excluding steroid dienone is 4. The van der Waals surface area contributed by atoms with Gasteiger partial charge >= 0.3 is 0 Å². The third kappa shape index (κ3) is 4.17. The molecule has 0 aliphatic carbocycles. The van der Waals surface area contributed by atoms with E-state index in [2.05, 4.69) is 40.9 Å². The molecule has 0 heteroatoms. The van der Waals surface area contributed by atoms with Gasteiger partial charge in [0.05, 0.1) is 0 Å². The molecule has 0 aromatic carbocycles. The van der Waals surface area contributed by atoms with Crippen LogP contribution < -0.4 is 0 Å². The zero-order chi connectivity index (χ0) is 9.07. The molecule has 0 bridgehead atoms. The fraction of sp³-hybridized carbons (Fsp3) is 0.500. The van der Waals surface area contributed by atoms with Gasteiger partial charge in [-0.05, 0) is 23.5 Å². The third-order valence-electron chi connectivity index (χ3n) is 1.75. The molecule has 0 aliphatic rings. The average Bonchev–Trinajstić information content (AvgIpc) is 1.85. The van der Waals surface area contributed by atoms with Crippen molar-refractivity contribution in [2.75, 3.05) is 0 Å². The van der Waals surface area contributed by atoms with Gasteiger partial charge in [0, 0.05) is 0 Å². The van der Waals surface area contributed by atoms with E-state index in [1.165, 1.54) is 11.1 Å². The lowest BCUT2D eigenvalue weighted by Crippen LogP contribution is -2.08. The molecule has 0 saturated carbocycles. The molecule has 70 valence electrons. The van der Waals surface area contributed by atoms with Crippen LogP contribution in [0.15, 0.2) is 36.5 Å². The standard InChI is InChI=1S/C11H18.CH4/c1-7-8-9(2)10(3)11(4,5)6;/h7-8H,1,3H2,2,4-6H3;1H4/b9-8-;. The van der Waals surface area contributed by atoms with E-state index in [0.717, 1.165) is 0 Å². The molecular formula is C12H22. The van der Waals surface area contributed by atoms with Crippen LogP contribution >= 0.6 is 0 Å². The van der Waals surface area contributed by atoms with Crippen molar-refractivity contribution in [2.45, 2.75) is 35.1 Å². The van der Waals surface area contributed by atoms with Gasteiger partial charge in [0.25, 0.3) is 0 Å². The molecule has 0 N–H and O–H groups in total. The number of hydrogen-bond donors (Lipinski definition) is 0. The van der Waals surface area contributed by atoms with Crippen molar-refractivity contribution in [3.05, 3.63) is 36.5 Å². The monoisotopic (exact) mass is 166 g/mol. The molecule has 0 spiro atoms. The van der Waals surface area contributed by atoms with Gasteiger partial charge in [-0.3, -0.25) is 0 Å². The maximum Gasteiger partial charge on any atom is -0.0135 e. The van der Waals surface area contributed by atoms with Gasteiger partial charge < -0.3 is 0 Å². The lowest BCUT2D eigenvalue weighted by Gasteiger charge is -2.22. The highest BCUT2D eigenvalue weighted by Gasteiger charge is 2.15. The van der Waals surface area contributed by atoms with Crippen LogP contribution in [0.5, 0.6) is 0 Å². The first-order valence-corrected chi connectivity index (χ1v) is 3.88. The van der Waals surface area contributed by atoms with Crippen LogP contribution in [0, 0.1) is 5.41 Å². The molecule has 0 fully saturated rings. The Labute approximate surface area is 77.7 Å². The lowest BCUT2D eigenvalue weighted by atomic mass is 9.83. The number of rotatable bonds is 2. The Morgan fingerprint density at radius 3 is 1.92 bits per heavy atom. The van der Waals surface area contributed by atoms with E-state index in [9.17, 15) is 0 Å². The smallest absolute Gasteiger partial charge is 0.0135 e. The predicted octanol–water partition coefficient (Wildman–Crippen LogP) is 4.36. The summed E-state index contributed by atoms with van der Waals surface area (Å²) in [5.74, 6) is 0. The molecule has 12 heavy (non-hydrogen) atoms. The zero-order valence-electron chi connectivity index (χ0n) is 8.07. The summed E-state index contributed by atoms with van der Waals surface area (Å²) in [6, 6.07) is 0. The highest BCUT2D eigenvalue weighted by molar-refractivity contribution is 5.32. The third-order valence-corrected chi connectivity index (χ3v) is 1.75. The molecule has 0 aromatic heterocycles. The average molecular weight is 166 g/mol. The second-order valence-corrected chi connectivity index (χ2v) is 3.81. The Bertz CT molecular complexity index is 187. The summed E-state index contributed by atoms with van der Waals surface area (Å²) in [4.78, 5) is 0. The van der Waals surface area contributed by atoms with Crippen molar-refractivity contribution in [3.63, 3.8) is 0 Å². The molecule has 0 heterocycles. The van der Waals surface area contributed by atoms with Gasteiger partial charge in [-0.25, -0.2) is 0 Å². The van der Waals surface area contributed by atoms with E-state index in [-0.39, 0.29) is 12.8 Å². The Balaban J connectivity index is 0. The topological polar surface area (TPSA) is 0 Å². The normalized spacial score (nSPS) is 11.8. The molecular weight excluding hydrogens is 144 g/mol. The fourth-order valence-corrected chi connectivity index (χ4v) is 0.869. The van der Waals surface area contributed by atoms with Crippen LogP contribution in [0.3, 0.4) is 0 Å². The summed E-state index contributed by atoms with van der Waals surface area (Å²) in [5, 5.41) is 0. The van der Waals surface area contributed by atoms with Crippen LogP contribution in [0.4, 0.5) is 0 Å². The SMILES string of the molecule is C.C=C/C=C(/C)C(=C)C(C)(C)C. The summed E-state index contributed by atoms with van der Waals surface area (Å²) >= 11 is 0. The molecule has 0 unspecified atom stereocenters. The fourth-order valence-electron chi connectivity index (χ4n) is 0.869. The minimum absolute atomic E-state index is 0. The lowest BCUT2D eigenvalue weighted by molar-refractivity contribution is 0.512. The summed E-state index contributed by atoms with van der Waals surface area (Å²) < 4.78 is 0. The maximum absolute atomic E-state index is 4.03. The van der Waals surface area contributed by atoms with E-state index >= 15 is 0 Å². The van der Waals surface area contributed by atoms with Crippen LogP contribution in [0.1, 0.15) is 35.1 Å². The minimum atomic E-state index is 0. The van der Waals surface area contributed by atoms with Crippen molar-refractivity contribution >= 4 is 0 Å². The summed E-state index contributed by atoms with van der Waals surface area (Å²) in [6.45, 7) is 16.2. The highest BCUT2D eigenvalue weighted by Crippen LogP contribution is 2.28. The van der Waals surface area contributed by atoms with E-state index in [1.807, 2.05) is 6.08 Å². The molecule has 0 atom stereocenters. The molecule has 0 nitrogen and oxygen atoms in total. The first-order chi connectivity index (χ1) is 4.89. The van der Waals surface area contributed by atoms with Crippen molar-refractivity contribution < 1.29 is 0 Å². The Morgan fingerprint density at radius 2 is 1.67 bits per heavy atom. The van der Waals surface area contributed by atoms with Crippen molar-refractivity contribution in [2.24, 2.45) is 5.41 Å². The van der Waals surface area contributed by atoms with Crippen LogP contribution in [-0.2, 0) is 0 Å². The van der Waals surface area contributed by atoms with Gasteiger partial charge in [0.2, 0.25) is 0 Å². The van der Waals surface area contributed by atoms with Crippen LogP contribution in [0.25, 0.3) is 0 Å². The van der Waals surface area contributed by atoms with E-state index in [1.54, 1.807) is 6.08 Å². The molecule has 0 radical (unpaired) electrons. The summed E-state index contributed by atoms with van der Waals surface area (Å²) in [6.07, 6.45) is 3.79. The zero-order valence-corrected chi connectivity index (χ0v) is 8.07. The quantitative estimate of drug-likeness (QED) is 0.535. The first-order valence-electron chi connectivity index (χ1n) is 3.88. The predicted molar refractivity (Wildman–Crippen MR) is 59.3 cm³/mol. The first kappa shape index (κ1) is 13.8. The van der Waals surface area contributed by atoms with E-state index in [4.69, 9.17) is 0 Å². The van der Waals surface area contributed by atoms with Gasteiger partial charge in [-0.2, -0.15) is 0 Å². The second-order valence-electron chi connectivity index (χ2n) is 3.81. The Kier molecular flexibility index (Phi) is 5.71. The van der Waals surface area contributed by atoms with Crippen LogP contribution in [0.2, 0.25) is 0 Å². The molecule has 0 amide bonds. The van der Waals surface area contributed by atoms with Gasteiger partial charge in [0.1, 0.15) is 0 Å². The van der Waals surface area contributed by atoms with Crippen molar-refractivity contribution in [3.8, 4) is 0 Å². The maximum atomic E-state index is 4.03. The van der Waals surface area contributed by atoms with E-state index in [0.29, 0.717) is 0 Å². The molecule has 0 aromatic rings. The van der Waals surface area contributed by atoms with Gasteiger partial charge in [-0.15, -0.1) is 0 Å². The highest BCUT2D eigenvalue weighted by atomic mass is 14.2. The van der Waals surface area contributed by atoms with Gasteiger partial charge in [0.15, 0.2) is 0 Å². The largest absolute Gasteiger partial charge is 0.0991 e. The second kappa shape index (κ2) is 4.97. The van der Waals surface area contributed by atoms with Gasteiger partial charge in [-0.1, -0.05) is 53.5 Å². The minimum Gasteiger partial charge on any atom is -0.0991 e. The molecule has 0 aliphatic heterocycles. The van der Waals surface area contributed by atoms with Crippen molar-refractivity contribution in [1.82, 2.24) is 0 Å². The van der Waals surface area contributed by atoms with Crippen molar-refractivity contribution in [1.29, 1.82) is 0 Å². The molecule has 0 rings (SSSR count). The van der Waals surface area contributed by atoms with E-state index < -0.39 is 0 Å². The van der Waals surface area contributed by atoms with Crippen LogP contribution in [-0.4, -0.2) is 0 Å². The summed E-state index contributed by atoms with van der Waals surface area (Å²) in [7, 11) is 0. The Morgan fingerprint density at radius 1 is 1.25 bits per heavy atom. The molecule has 0 saturated heterocycles.